The van der Waals surface area contributed by atoms with Crippen molar-refractivity contribution in [3.05, 3.63) is 24.3 Å². The van der Waals surface area contributed by atoms with Crippen molar-refractivity contribution in [3.63, 3.8) is 0 Å². The minimum Gasteiger partial charge on any atom is -0.492 e. The van der Waals surface area contributed by atoms with Crippen LogP contribution >= 0.6 is 24.0 Å². The van der Waals surface area contributed by atoms with Gasteiger partial charge in [-0.2, -0.15) is 0 Å². The lowest BCUT2D eigenvalue weighted by atomic mass is 9.78. The highest BCUT2D eigenvalue weighted by atomic mass is 127. The number of anilines is 1. The second kappa shape index (κ2) is 13.8. The third-order valence-electron chi connectivity index (χ3n) is 4.94. The topological polar surface area (TPSA) is 84.0 Å². The van der Waals surface area contributed by atoms with Gasteiger partial charge >= 0.3 is 0 Å². The van der Waals surface area contributed by atoms with Crippen LogP contribution in [0.3, 0.4) is 0 Å². The van der Waals surface area contributed by atoms with Crippen molar-refractivity contribution in [3.8, 4) is 5.75 Å². The maximum Gasteiger partial charge on any atom is 0.221 e. The lowest BCUT2D eigenvalue weighted by Gasteiger charge is -2.39. The van der Waals surface area contributed by atoms with E-state index in [1.807, 2.05) is 24.3 Å². The summed E-state index contributed by atoms with van der Waals surface area (Å²) in [6.07, 6.45) is 2.48. The van der Waals surface area contributed by atoms with E-state index >= 15 is 0 Å². The summed E-state index contributed by atoms with van der Waals surface area (Å²) in [5.41, 5.74) is 0.845. The Bertz CT molecular complexity index is 706. The zero-order valence-corrected chi connectivity index (χ0v) is 21.8. The number of ether oxygens (including phenoxy) is 2. The SMILES string of the molecule is CCNC(=NCC1CCCOC1C(C)(C)C)NCCOc1cccc(NC(C)=O)c1.I. The summed E-state index contributed by atoms with van der Waals surface area (Å²) in [7, 11) is 0. The molecule has 31 heavy (non-hydrogen) atoms. The molecule has 7 nitrogen and oxygen atoms in total. The Kier molecular flexibility index (Phi) is 12.2. The summed E-state index contributed by atoms with van der Waals surface area (Å²) < 4.78 is 11.9. The number of halogens is 1. The van der Waals surface area contributed by atoms with Gasteiger partial charge in [0.15, 0.2) is 5.96 Å². The molecule has 0 saturated carbocycles. The highest BCUT2D eigenvalue weighted by molar-refractivity contribution is 14.0. The van der Waals surface area contributed by atoms with Crippen LogP contribution in [0.2, 0.25) is 0 Å². The monoisotopic (exact) mass is 546 g/mol. The van der Waals surface area contributed by atoms with E-state index in [1.54, 1.807) is 0 Å². The predicted molar refractivity (Wildman–Crippen MR) is 138 cm³/mol. The summed E-state index contributed by atoms with van der Waals surface area (Å²) in [5, 5.41) is 9.39. The molecule has 2 atom stereocenters. The fourth-order valence-corrected chi connectivity index (χ4v) is 3.74. The Hall–Kier alpha value is -1.55. The number of carbonyl (C=O) groups is 1. The van der Waals surface area contributed by atoms with E-state index in [1.165, 1.54) is 6.92 Å². The molecular weight excluding hydrogens is 507 g/mol. The van der Waals surface area contributed by atoms with Gasteiger partial charge in [0, 0.05) is 44.3 Å². The summed E-state index contributed by atoms with van der Waals surface area (Å²) >= 11 is 0. The van der Waals surface area contributed by atoms with Crippen molar-refractivity contribution in [1.82, 2.24) is 10.6 Å². The number of aliphatic imine (C=N–C) groups is 1. The standard InChI is InChI=1S/C23H38N4O3.HI/c1-6-24-22(26-16-18-9-8-13-30-21(18)23(3,4)5)25-12-14-29-20-11-7-10-19(15-20)27-17(2)28;/h7,10-11,15,18,21H,6,8-9,12-14,16H2,1-5H3,(H,27,28)(H2,24,25,26);1H. The maximum atomic E-state index is 11.2. The molecule has 1 saturated heterocycles. The number of hydrogen-bond acceptors (Lipinski definition) is 4. The molecule has 1 aromatic carbocycles. The van der Waals surface area contributed by atoms with Crippen molar-refractivity contribution in [2.75, 3.05) is 38.2 Å². The van der Waals surface area contributed by atoms with Gasteiger partial charge in [-0.25, -0.2) is 0 Å². The molecule has 2 rings (SSSR count). The molecule has 2 unspecified atom stereocenters. The van der Waals surface area contributed by atoms with E-state index in [0.717, 1.165) is 49.9 Å². The van der Waals surface area contributed by atoms with Gasteiger partial charge in [0.25, 0.3) is 0 Å². The molecule has 8 heteroatoms. The van der Waals surface area contributed by atoms with E-state index in [4.69, 9.17) is 14.5 Å². The normalized spacial score (nSPS) is 19.2. The molecule has 1 fully saturated rings. The van der Waals surface area contributed by atoms with Crippen molar-refractivity contribution >= 4 is 41.5 Å². The van der Waals surface area contributed by atoms with Crippen LogP contribution in [0, 0.1) is 11.3 Å². The summed E-state index contributed by atoms with van der Waals surface area (Å²) in [4.78, 5) is 16.0. The lowest BCUT2D eigenvalue weighted by molar-refractivity contribution is -0.114. The van der Waals surface area contributed by atoms with E-state index in [-0.39, 0.29) is 41.4 Å². The van der Waals surface area contributed by atoms with Gasteiger partial charge in [0.2, 0.25) is 5.91 Å². The highest BCUT2D eigenvalue weighted by Crippen LogP contribution is 2.34. The van der Waals surface area contributed by atoms with Crippen LogP contribution in [-0.2, 0) is 9.53 Å². The largest absolute Gasteiger partial charge is 0.492 e. The number of guanidine groups is 1. The van der Waals surface area contributed by atoms with E-state index in [2.05, 4.69) is 43.6 Å². The molecule has 1 aliphatic rings. The van der Waals surface area contributed by atoms with Gasteiger partial charge < -0.3 is 25.4 Å². The van der Waals surface area contributed by atoms with Crippen LogP contribution in [0.4, 0.5) is 5.69 Å². The second-order valence-corrected chi connectivity index (χ2v) is 8.76. The molecule has 0 spiro atoms. The number of benzene rings is 1. The first-order valence-corrected chi connectivity index (χ1v) is 10.9. The first kappa shape index (κ1) is 27.5. The Labute approximate surface area is 204 Å². The van der Waals surface area contributed by atoms with Gasteiger partial charge in [-0.15, -0.1) is 24.0 Å². The van der Waals surface area contributed by atoms with E-state index in [0.29, 0.717) is 19.1 Å². The summed E-state index contributed by atoms with van der Waals surface area (Å²) in [5.74, 6) is 1.85. The molecule has 176 valence electrons. The van der Waals surface area contributed by atoms with Crippen LogP contribution in [0.1, 0.15) is 47.5 Å². The molecule has 0 radical (unpaired) electrons. The predicted octanol–water partition coefficient (Wildman–Crippen LogP) is 4.04. The van der Waals surface area contributed by atoms with Crippen molar-refractivity contribution in [1.29, 1.82) is 0 Å². The van der Waals surface area contributed by atoms with E-state index in [9.17, 15) is 4.79 Å². The zero-order valence-electron chi connectivity index (χ0n) is 19.5. The summed E-state index contributed by atoms with van der Waals surface area (Å²) in [6, 6.07) is 7.39. The first-order chi connectivity index (χ1) is 14.3. The van der Waals surface area contributed by atoms with E-state index < -0.39 is 0 Å². The van der Waals surface area contributed by atoms with Gasteiger partial charge in [-0.05, 0) is 37.3 Å². The van der Waals surface area contributed by atoms with Crippen LogP contribution in [0.5, 0.6) is 5.75 Å². The summed E-state index contributed by atoms with van der Waals surface area (Å²) in [6.45, 7) is 13.8. The van der Waals surface area contributed by atoms with Crippen LogP contribution < -0.4 is 20.7 Å². The zero-order chi connectivity index (χ0) is 22.0. The molecule has 1 amide bonds. The number of rotatable bonds is 8. The van der Waals surface area contributed by atoms with Crippen LogP contribution in [0.25, 0.3) is 0 Å². The molecule has 0 aliphatic carbocycles. The number of nitrogens with one attached hydrogen (secondary N) is 3. The minimum absolute atomic E-state index is 0. The Morgan fingerprint density at radius 1 is 1.29 bits per heavy atom. The fraction of sp³-hybridized carbons (Fsp3) is 0.652. The molecule has 0 aromatic heterocycles. The van der Waals surface area contributed by atoms with Crippen LogP contribution in [-0.4, -0.2) is 50.8 Å². The van der Waals surface area contributed by atoms with Gasteiger partial charge in [-0.1, -0.05) is 26.8 Å². The lowest BCUT2D eigenvalue weighted by Crippen LogP contribution is -2.43. The van der Waals surface area contributed by atoms with Crippen molar-refractivity contribution in [2.45, 2.75) is 53.6 Å². The van der Waals surface area contributed by atoms with Crippen molar-refractivity contribution in [2.24, 2.45) is 16.3 Å². The molecule has 1 aliphatic heterocycles. The highest BCUT2D eigenvalue weighted by Gasteiger charge is 2.35. The van der Waals surface area contributed by atoms with Crippen molar-refractivity contribution < 1.29 is 14.3 Å². The van der Waals surface area contributed by atoms with Gasteiger partial charge in [0.05, 0.1) is 12.6 Å². The number of amides is 1. The molecule has 1 aromatic rings. The Morgan fingerprint density at radius 3 is 2.74 bits per heavy atom. The number of hydrogen-bond donors (Lipinski definition) is 3. The molecular formula is C23H39IN4O3. The molecule has 0 bridgehead atoms. The molecule has 1 heterocycles. The Morgan fingerprint density at radius 2 is 2.06 bits per heavy atom. The fourth-order valence-electron chi connectivity index (χ4n) is 3.74. The smallest absolute Gasteiger partial charge is 0.221 e. The number of carbonyl (C=O) groups excluding carboxylic acids is 1. The second-order valence-electron chi connectivity index (χ2n) is 8.76. The minimum atomic E-state index is -0.0997. The Balaban J connectivity index is 0.00000480. The van der Waals surface area contributed by atoms with Crippen LogP contribution in [0.15, 0.2) is 29.3 Å². The first-order valence-electron chi connectivity index (χ1n) is 10.9. The molecule has 3 N–H and O–H groups in total. The third kappa shape index (κ3) is 10.1. The average molecular weight is 546 g/mol. The van der Waals surface area contributed by atoms with Gasteiger partial charge in [0.1, 0.15) is 12.4 Å². The maximum absolute atomic E-state index is 11.2. The third-order valence-corrected chi connectivity index (χ3v) is 4.94. The number of nitrogens with zero attached hydrogens (tertiary/aromatic N) is 1. The van der Waals surface area contributed by atoms with Gasteiger partial charge in [-0.3, -0.25) is 9.79 Å². The quantitative estimate of drug-likeness (QED) is 0.199. The average Bonchev–Trinajstić information content (AvgIpc) is 2.68.